The lowest BCUT2D eigenvalue weighted by Crippen LogP contribution is -2.20. The van der Waals surface area contributed by atoms with E-state index < -0.39 is 12.1 Å². The maximum atomic E-state index is 12.2. The lowest BCUT2D eigenvalue weighted by Gasteiger charge is -2.19. The smallest absolute Gasteiger partial charge is 0.352 e. The zero-order valence-corrected chi connectivity index (χ0v) is 15.9. The molecule has 2 aromatic carbocycles. The fourth-order valence-corrected chi connectivity index (χ4v) is 2.73. The minimum absolute atomic E-state index is 0.00923. The van der Waals surface area contributed by atoms with Crippen LogP contribution in [0.15, 0.2) is 77.4 Å². The average Bonchev–Trinajstić information content (AvgIpc) is 3.24. The third kappa shape index (κ3) is 5.81. The van der Waals surface area contributed by atoms with Crippen molar-refractivity contribution in [1.82, 2.24) is 0 Å². The Morgan fingerprint density at radius 1 is 1.00 bits per heavy atom. The van der Waals surface area contributed by atoms with Crippen molar-refractivity contribution in [2.75, 3.05) is 0 Å². The molecule has 0 saturated heterocycles. The van der Waals surface area contributed by atoms with Gasteiger partial charge in [0, 0.05) is 11.4 Å². The molecule has 6 heteroatoms. The van der Waals surface area contributed by atoms with Crippen LogP contribution in [0, 0.1) is 5.41 Å². The summed E-state index contributed by atoms with van der Waals surface area (Å²) in [6.45, 7) is 0.355. The van der Waals surface area contributed by atoms with Gasteiger partial charge in [-0.05, 0) is 35.4 Å². The van der Waals surface area contributed by atoms with Crippen LogP contribution in [-0.2, 0) is 27.5 Å². The van der Waals surface area contributed by atoms with E-state index in [9.17, 15) is 4.79 Å². The number of halogens is 1. The summed E-state index contributed by atoms with van der Waals surface area (Å²) in [7, 11) is 0. The highest BCUT2D eigenvalue weighted by atomic mass is 35.5. The molecule has 0 bridgehead atoms. The second-order valence-electron chi connectivity index (χ2n) is 6.17. The summed E-state index contributed by atoms with van der Waals surface area (Å²) in [5, 5.41) is 8.73. The van der Waals surface area contributed by atoms with Crippen molar-refractivity contribution in [2.45, 2.75) is 25.7 Å². The Morgan fingerprint density at radius 3 is 2.43 bits per heavy atom. The fourth-order valence-electron chi connectivity index (χ4n) is 2.61. The highest BCUT2D eigenvalue weighted by Gasteiger charge is 2.20. The Kier molecular flexibility index (Phi) is 7.00. The largest absolute Gasteiger partial charge is 0.466 e. The Morgan fingerprint density at radius 2 is 1.75 bits per heavy atom. The van der Waals surface area contributed by atoms with Gasteiger partial charge in [-0.25, -0.2) is 4.79 Å². The maximum Gasteiger partial charge on any atom is 0.352 e. The number of rotatable bonds is 9. The molecule has 0 aliphatic carbocycles. The number of carbonyl (C=O) groups is 1. The van der Waals surface area contributed by atoms with Crippen molar-refractivity contribution < 1.29 is 18.7 Å². The second kappa shape index (κ2) is 9.88. The molecule has 1 atom stereocenters. The van der Waals surface area contributed by atoms with Gasteiger partial charge < -0.3 is 13.9 Å². The van der Waals surface area contributed by atoms with Gasteiger partial charge in [0.1, 0.15) is 18.1 Å². The first-order valence-electron chi connectivity index (χ1n) is 8.80. The van der Waals surface area contributed by atoms with E-state index in [-0.39, 0.29) is 18.7 Å². The van der Waals surface area contributed by atoms with Crippen molar-refractivity contribution in [3.05, 3.63) is 94.9 Å². The summed E-state index contributed by atoms with van der Waals surface area (Å²) >= 11 is 5.97. The molecule has 3 rings (SSSR count). The number of carbonyl (C=O) groups excluding carboxylic acids is 1. The molecule has 0 fully saturated rings. The number of ether oxygens (including phenoxy) is 2. The third-order valence-electron chi connectivity index (χ3n) is 4.10. The molecule has 28 heavy (non-hydrogen) atoms. The number of hydrogen-bond acceptors (Lipinski definition) is 5. The molecule has 0 radical (unpaired) electrons. The van der Waals surface area contributed by atoms with Crippen LogP contribution in [0.25, 0.3) is 0 Å². The Bertz CT molecular complexity index is 892. The van der Waals surface area contributed by atoms with E-state index in [1.807, 2.05) is 42.5 Å². The highest BCUT2D eigenvalue weighted by molar-refractivity contribution is 6.35. The Hall–Kier alpha value is -2.89. The normalized spacial score (nSPS) is 11.8. The van der Waals surface area contributed by atoms with Crippen LogP contribution in [0.4, 0.5) is 0 Å². The molecule has 1 aromatic heterocycles. The fraction of sp³-hybridized carbons (Fsp3) is 0.182. The summed E-state index contributed by atoms with van der Waals surface area (Å²) in [5.41, 5.74) is 1.68. The van der Waals surface area contributed by atoms with Gasteiger partial charge in [0.05, 0.1) is 19.0 Å². The number of furan rings is 1. The van der Waals surface area contributed by atoms with E-state index in [4.69, 9.17) is 30.9 Å². The van der Waals surface area contributed by atoms with E-state index in [1.165, 1.54) is 6.26 Å². The zero-order valence-electron chi connectivity index (χ0n) is 15.1. The molecule has 1 N–H and O–H groups in total. The average molecular weight is 398 g/mol. The van der Waals surface area contributed by atoms with E-state index in [1.54, 1.807) is 24.3 Å². The van der Waals surface area contributed by atoms with Crippen LogP contribution >= 0.6 is 11.6 Å². The van der Waals surface area contributed by atoms with E-state index in [0.717, 1.165) is 11.1 Å². The third-order valence-corrected chi connectivity index (χ3v) is 4.35. The molecular weight excluding hydrogens is 378 g/mol. The lowest BCUT2D eigenvalue weighted by atomic mass is 10.0. The molecule has 1 heterocycles. The minimum atomic E-state index is -0.696. The van der Waals surface area contributed by atoms with Crippen LogP contribution in [0.3, 0.4) is 0 Å². The van der Waals surface area contributed by atoms with Crippen molar-refractivity contribution in [2.24, 2.45) is 0 Å². The Labute approximate surface area is 168 Å². The molecule has 0 spiro atoms. The number of benzene rings is 2. The van der Waals surface area contributed by atoms with Gasteiger partial charge in [-0.2, -0.15) is 0 Å². The first-order chi connectivity index (χ1) is 13.6. The van der Waals surface area contributed by atoms with Gasteiger partial charge >= 0.3 is 5.97 Å². The maximum absolute atomic E-state index is 12.2. The van der Waals surface area contributed by atoms with Crippen LogP contribution in [0.2, 0.25) is 5.02 Å². The van der Waals surface area contributed by atoms with Crippen molar-refractivity contribution >= 4 is 23.3 Å². The lowest BCUT2D eigenvalue weighted by molar-refractivity contribution is -0.137. The predicted octanol–water partition coefficient (Wildman–Crippen LogP) is 5.34. The SMILES string of the molecule is N=C(CC(OCc1ccccc1)c1ccc(Cl)cc1)C(=O)OCc1ccco1. The molecule has 0 amide bonds. The molecular formula is C22H20ClNO4. The Balaban J connectivity index is 1.64. The quantitative estimate of drug-likeness (QED) is 0.390. The zero-order chi connectivity index (χ0) is 19.8. The van der Waals surface area contributed by atoms with Crippen LogP contribution in [-0.4, -0.2) is 11.7 Å². The second-order valence-corrected chi connectivity index (χ2v) is 6.61. The molecule has 5 nitrogen and oxygen atoms in total. The molecule has 1 unspecified atom stereocenters. The van der Waals surface area contributed by atoms with Gasteiger partial charge in [-0.15, -0.1) is 0 Å². The monoisotopic (exact) mass is 397 g/mol. The number of hydrogen-bond donors (Lipinski definition) is 1. The van der Waals surface area contributed by atoms with E-state index in [2.05, 4.69) is 0 Å². The number of nitrogens with one attached hydrogen (secondary N) is 1. The summed E-state index contributed by atoms with van der Waals surface area (Å²) in [6.07, 6.45) is 1.12. The topological polar surface area (TPSA) is 72.5 Å². The molecule has 0 saturated carbocycles. The molecule has 0 aliphatic rings. The van der Waals surface area contributed by atoms with Crippen LogP contribution < -0.4 is 0 Å². The summed E-state index contributed by atoms with van der Waals surface area (Å²) in [5.74, 6) is -0.172. The van der Waals surface area contributed by atoms with Gasteiger partial charge in [-0.3, -0.25) is 5.41 Å². The van der Waals surface area contributed by atoms with Gasteiger partial charge in [0.2, 0.25) is 0 Å². The summed E-state index contributed by atoms with van der Waals surface area (Å²) in [4.78, 5) is 12.2. The van der Waals surface area contributed by atoms with Crippen molar-refractivity contribution in [3.8, 4) is 0 Å². The molecule has 3 aromatic rings. The van der Waals surface area contributed by atoms with E-state index in [0.29, 0.717) is 17.4 Å². The van der Waals surface area contributed by atoms with E-state index >= 15 is 0 Å². The highest BCUT2D eigenvalue weighted by Crippen LogP contribution is 2.25. The van der Waals surface area contributed by atoms with Crippen LogP contribution in [0.5, 0.6) is 0 Å². The first-order valence-corrected chi connectivity index (χ1v) is 9.17. The first kappa shape index (κ1) is 19.9. The minimum Gasteiger partial charge on any atom is -0.466 e. The predicted molar refractivity (Wildman–Crippen MR) is 106 cm³/mol. The number of esters is 1. The van der Waals surface area contributed by atoms with Crippen molar-refractivity contribution in [1.29, 1.82) is 5.41 Å². The van der Waals surface area contributed by atoms with Gasteiger partial charge in [0.15, 0.2) is 0 Å². The van der Waals surface area contributed by atoms with Crippen molar-refractivity contribution in [3.63, 3.8) is 0 Å². The van der Waals surface area contributed by atoms with Gasteiger partial charge in [-0.1, -0.05) is 54.1 Å². The van der Waals surface area contributed by atoms with Gasteiger partial charge in [0.25, 0.3) is 0 Å². The summed E-state index contributed by atoms with van der Waals surface area (Å²) in [6, 6.07) is 20.3. The standard InChI is InChI=1S/C22H20ClNO4/c23-18-10-8-17(9-11-18)21(27-14-16-5-2-1-3-6-16)13-20(24)22(25)28-15-19-7-4-12-26-19/h1-12,21,24H,13-15H2. The summed E-state index contributed by atoms with van der Waals surface area (Å²) < 4.78 is 16.3. The van der Waals surface area contributed by atoms with Crippen LogP contribution in [0.1, 0.15) is 29.4 Å². The molecule has 144 valence electrons. The molecule has 0 aliphatic heterocycles.